The predicted molar refractivity (Wildman–Crippen MR) is 84.4 cm³/mol. The Morgan fingerprint density at radius 3 is 2.77 bits per heavy atom. The molecule has 1 saturated heterocycles. The molecule has 22 heavy (non-hydrogen) atoms. The van der Waals surface area contributed by atoms with E-state index in [4.69, 9.17) is 14.2 Å². The van der Waals surface area contributed by atoms with E-state index in [0.717, 1.165) is 12.1 Å². The molecule has 0 aliphatic carbocycles. The van der Waals surface area contributed by atoms with Crippen LogP contribution < -0.4 is 15.4 Å². The van der Waals surface area contributed by atoms with Crippen LogP contribution in [-0.4, -0.2) is 38.6 Å². The molecule has 1 amide bonds. The number of amides is 1. The van der Waals surface area contributed by atoms with Crippen LogP contribution in [0.1, 0.15) is 32.4 Å². The highest BCUT2D eigenvalue weighted by atomic mass is 16.6. The Kier molecular flexibility index (Phi) is 5.26. The van der Waals surface area contributed by atoms with Crippen molar-refractivity contribution in [2.75, 3.05) is 32.2 Å². The van der Waals surface area contributed by atoms with Crippen molar-refractivity contribution < 1.29 is 19.0 Å². The highest BCUT2D eigenvalue weighted by molar-refractivity contribution is 5.86. The first-order chi connectivity index (χ1) is 10.4. The molecule has 0 aromatic heterocycles. The Morgan fingerprint density at radius 2 is 2.18 bits per heavy atom. The number of benzene rings is 1. The molecule has 1 heterocycles. The summed E-state index contributed by atoms with van der Waals surface area (Å²) in [5.41, 5.74) is 1.07. The summed E-state index contributed by atoms with van der Waals surface area (Å²) in [6.45, 7) is 7.53. The van der Waals surface area contributed by atoms with Gasteiger partial charge in [-0.05, 0) is 32.4 Å². The molecular weight excluding hydrogens is 284 g/mol. The number of ether oxygens (including phenoxy) is 3. The van der Waals surface area contributed by atoms with Crippen molar-refractivity contribution in [3.8, 4) is 5.75 Å². The number of carbonyl (C=O) groups is 1. The summed E-state index contributed by atoms with van der Waals surface area (Å²) in [4.78, 5) is 12.0. The number of hydrogen-bond donors (Lipinski definition) is 2. The van der Waals surface area contributed by atoms with Crippen LogP contribution in [0, 0.1) is 0 Å². The quantitative estimate of drug-likeness (QED) is 0.898. The smallest absolute Gasteiger partial charge is 0.412 e. The Hall–Kier alpha value is -1.79. The van der Waals surface area contributed by atoms with Gasteiger partial charge in [0.05, 0.1) is 32.1 Å². The maximum absolute atomic E-state index is 12.0. The molecule has 0 saturated carbocycles. The Morgan fingerprint density at radius 1 is 1.41 bits per heavy atom. The Labute approximate surface area is 131 Å². The van der Waals surface area contributed by atoms with Crippen LogP contribution in [0.5, 0.6) is 5.75 Å². The zero-order valence-electron chi connectivity index (χ0n) is 13.6. The van der Waals surface area contributed by atoms with Gasteiger partial charge in [-0.2, -0.15) is 0 Å². The fraction of sp³-hybridized carbons (Fsp3) is 0.562. The van der Waals surface area contributed by atoms with Crippen molar-refractivity contribution in [1.29, 1.82) is 0 Å². The first-order valence-electron chi connectivity index (χ1n) is 7.38. The van der Waals surface area contributed by atoms with E-state index in [1.54, 1.807) is 13.2 Å². The number of carbonyl (C=O) groups excluding carboxylic acids is 1. The predicted octanol–water partition coefficient (Wildman–Crippen LogP) is 2.70. The maximum Gasteiger partial charge on any atom is 0.412 e. The second-order valence-corrected chi connectivity index (χ2v) is 6.16. The molecule has 0 bridgehead atoms. The van der Waals surface area contributed by atoms with Gasteiger partial charge < -0.3 is 19.5 Å². The van der Waals surface area contributed by atoms with Crippen LogP contribution in [-0.2, 0) is 9.47 Å². The van der Waals surface area contributed by atoms with Crippen LogP contribution >= 0.6 is 0 Å². The van der Waals surface area contributed by atoms with Crippen molar-refractivity contribution in [2.24, 2.45) is 0 Å². The van der Waals surface area contributed by atoms with E-state index in [0.29, 0.717) is 24.7 Å². The van der Waals surface area contributed by atoms with Crippen LogP contribution in [0.3, 0.4) is 0 Å². The van der Waals surface area contributed by atoms with Crippen molar-refractivity contribution in [2.45, 2.75) is 32.4 Å². The number of anilines is 1. The fourth-order valence-electron chi connectivity index (χ4n) is 2.25. The van der Waals surface area contributed by atoms with Gasteiger partial charge in [-0.3, -0.25) is 5.32 Å². The van der Waals surface area contributed by atoms with E-state index in [2.05, 4.69) is 10.6 Å². The number of rotatable bonds is 3. The van der Waals surface area contributed by atoms with Crippen LogP contribution in [0.4, 0.5) is 10.5 Å². The topological polar surface area (TPSA) is 68.8 Å². The lowest BCUT2D eigenvalue weighted by atomic mass is 10.0. The molecule has 1 atom stereocenters. The van der Waals surface area contributed by atoms with Crippen LogP contribution in [0.2, 0.25) is 0 Å². The molecule has 0 radical (unpaired) electrons. The van der Waals surface area contributed by atoms with Gasteiger partial charge in [0.1, 0.15) is 11.4 Å². The standard InChI is InChI=1S/C16H24N2O4/c1-16(2,3)22-15(19)18-13-9-11(20-4)5-6-12(13)14-10-21-8-7-17-14/h5-6,9,14,17H,7-8,10H2,1-4H3,(H,18,19). The third kappa shape index (κ3) is 4.61. The molecule has 1 aliphatic heterocycles. The summed E-state index contributed by atoms with van der Waals surface area (Å²) >= 11 is 0. The monoisotopic (exact) mass is 308 g/mol. The average Bonchev–Trinajstić information content (AvgIpc) is 2.46. The lowest BCUT2D eigenvalue weighted by Crippen LogP contribution is -2.35. The lowest BCUT2D eigenvalue weighted by Gasteiger charge is -2.27. The SMILES string of the molecule is COc1ccc(C2COCCN2)c(NC(=O)OC(C)(C)C)c1. The molecule has 2 N–H and O–H groups in total. The zero-order valence-corrected chi connectivity index (χ0v) is 13.6. The third-order valence-electron chi connectivity index (χ3n) is 3.19. The van der Waals surface area contributed by atoms with Crippen molar-refractivity contribution in [3.63, 3.8) is 0 Å². The molecule has 1 unspecified atom stereocenters. The first kappa shape index (κ1) is 16.6. The molecule has 1 aromatic rings. The first-order valence-corrected chi connectivity index (χ1v) is 7.38. The average molecular weight is 308 g/mol. The molecule has 1 aliphatic rings. The fourth-order valence-corrected chi connectivity index (χ4v) is 2.25. The zero-order chi connectivity index (χ0) is 16.2. The summed E-state index contributed by atoms with van der Waals surface area (Å²) in [5.74, 6) is 0.673. The van der Waals surface area contributed by atoms with E-state index < -0.39 is 11.7 Å². The summed E-state index contributed by atoms with van der Waals surface area (Å²) in [7, 11) is 1.59. The molecule has 2 rings (SSSR count). The van der Waals surface area contributed by atoms with E-state index in [9.17, 15) is 4.79 Å². The summed E-state index contributed by atoms with van der Waals surface area (Å²) < 4.78 is 16.0. The molecular formula is C16H24N2O4. The van der Waals surface area contributed by atoms with E-state index in [1.165, 1.54) is 0 Å². The largest absolute Gasteiger partial charge is 0.497 e. The molecule has 6 heteroatoms. The van der Waals surface area contributed by atoms with E-state index in [1.807, 2.05) is 32.9 Å². The van der Waals surface area contributed by atoms with Gasteiger partial charge in [-0.1, -0.05) is 6.07 Å². The summed E-state index contributed by atoms with van der Waals surface area (Å²) in [6.07, 6.45) is -0.487. The summed E-state index contributed by atoms with van der Waals surface area (Å²) in [6, 6.07) is 5.61. The molecule has 1 fully saturated rings. The summed E-state index contributed by atoms with van der Waals surface area (Å²) in [5, 5.41) is 6.18. The second kappa shape index (κ2) is 6.98. The maximum atomic E-state index is 12.0. The highest BCUT2D eigenvalue weighted by Crippen LogP contribution is 2.29. The van der Waals surface area contributed by atoms with Crippen LogP contribution in [0.15, 0.2) is 18.2 Å². The van der Waals surface area contributed by atoms with Crippen molar-refractivity contribution in [1.82, 2.24) is 5.32 Å². The van der Waals surface area contributed by atoms with Crippen molar-refractivity contribution >= 4 is 11.8 Å². The van der Waals surface area contributed by atoms with Gasteiger partial charge in [-0.15, -0.1) is 0 Å². The van der Waals surface area contributed by atoms with Gasteiger partial charge in [0, 0.05) is 12.6 Å². The van der Waals surface area contributed by atoms with Gasteiger partial charge >= 0.3 is 6.09 Å². The number of hydrogen-bond acceptors (Lipinski definition) is 5. The molecule has 0 spiro atoms. The highest BCUT2D eigenvalue weighted by Gasteiger charge is 2.22. The van der Waals surface area contributed by atoms with Gasteiger partial charge in [0.25, 0.3) is 0 Å². The second-order valence-electron chi connectivity index (χ2n) is 6.16. The third-order valence-corrected chi connectivity index (χ3v) is 3.19. The van der Waals surface area contributed by atoms with Crippen LogP contribution in [0.25, 0.3) is 0 Å². The molecule has 1 aromatic carbocycles. The van der Waals surface area contributed by atoms with Gasteiger partial charge in [-0.25, -0.2) is 4.79 Å². The minimum atomic E-state index is -0.546. The minimum absolute atomic E-state index is 0.0320. The Bertz CT molecular complexity index is 519. The normalized spacial score (nSPS) is 18.6. The van der Waals surface area contributed by atoms with Gasteiger partial charge in [0.2, 0.25) is 0 Å². The number of morpholine rings is 1. The lowest BCUT2D eigenvalue weighted by molar-refractivity contribution is 0.0633. The van der Waals surface area contributed by atoms with E-state index >= 15 is 0 Å². The van der Waals surface area contributed by atoms with Crippen molar-refractivity contribution in [3.05, 3.63) is 23.8 Å². The van der Waals surface area contributed by atoms with Gasteiger partial charge in [0.15, 0.2) is 0 Å². The van der Waals surface area contributed by atoms with E-state index in [-0.39, 0.29) is 6.04 Å². The molecule has 122 valence electrons. The Balaban J connectivity index is 2.20. The molecule has 6 nitrogen and oxygen atoms in total. The minimum Gasteiger partial charge on any atom is -0.497 e. The number of methoxy groups -OCH3 is 1. The number of nitrogens with one attached hydrogen (secondary N) is 2.